The van der Waals surface area contributed by atoms with E-state index in [1.165, 1.54) is 233 Å². The van der Waals surface area contributed by atoms with Gasteiger partial charge >= 0.3 is 0 Å². The van der Waals surface area contributed by atoms with E-state index in [0.29, 0.717) is 35.5 Å². The van der Waals surface area contributed by atoms with Crippen LogP contribution in [0.25, 0.3) is 0 Å². The van der Waals surface area contributed by atoms with Gasteiger partial charge < -0.3 is 54.9 Å². The molecule has 0 nitrogen and oxygen atoms in total. The van der Waals surface area contributed by atoms with Gasteiger partial charge in [-0.25, -0.2) is 6.42 Å². The zero-order valence-corrected chi connectivity index (χ0v) is 95.1. The van der Waals surface area contributed by atoms with Crippen LogP contribution in [0.2, 0.25) is 0 Å². The maximum atomic E-state index is 4.02. The van der Waals surface area contributed by atoms with Gasteiger partial charge in [-0.15, -0.1) is 0 Å². The fourth-order valence-corrected chi connectivity index (χ4v) is 17.9. The molecule has 0 amide bonds. The first kappa shape index (κ1) is 133. The van der Waals surface area contributed by atoms with Crippen LogP contribution in [0.15, 0.2) is 0 Å². The Hall–Kier alpha value is 4.42. The van der Waals surface area contributed by atoms with Gasteiger partial charge in [0.25, 0.3) is 0 Å². The molecule has 4 heteroatoms. The first-order valence-corrected chi connectivity index (χ1v) is 49.9. The molecule has 14 fully saturated rings. The molecule has 11 unspecified atom stereocenters. The average Bonchev–Trinajstić information content (AvgIpc) is 1.74. The maximum Gasteiger partial charge on any atom is 0 e. The van der Waals surface area contributed by atoms with Crippen LogP contribution in [0.3, 0.4) is 0 Å². The van der Waals surface area contributed by atoms with Crippen LogP contribution in [0.1, 0.15) is 495 Å². The molecule has 0 aromatic carbocycles. The Kier molecular flexibility index (Phi) is 106. The molecule has 0 N–H and O–H groups in total. The molecular formula is C109H218Y4-8. The van der Waals surface area contributed by atoms with Crippen molar-refractivity contribution in [2.75, 3.05) is 0 Å². The first-order chi connectivity index (χ1) is 51.3. The molecule has 674 valence electrons. The number of hydrogen-bond donors (Lipinski definition) is 0. The molecule has 11 atom stereocenters. The average molecular weight is 1880 g/mol. The van der Waals surface area contributed by atoms with Gasteiger partial charge in [0.1, 0.15) is 0 Å². The van der Waals surface area contributed by atoms with Gasteiger partial charge in [0.15, 0.2) is 0 Å². The van der Waals surface area contributed by atoms with Crippen LogP contribution >= 0.6 is 0 Å². The second kappa shape index (κ2) is 89.8. The maximum absolute atomic E-state index is 4.02. The molecule has 0 spiro atoms. The molecule has 14 aliphatic rings. The summed E-state index contributed by atoms with van der Waals surface area (Å²) >= 11 is 0. The number of rotatable bonds is 1. The Bertz CT molecular complexity index is 1450. The van der Waals surface area contributed by atoms with Gasteiger partial charge in [0.2, 0.25) is 0 Å². The fourth-order valence-electron chi connectivity index (χ4n) is 17.9. The summed E-state index contributed by atoms with van der Waals surface area (Å²) in [5.41, 5.74) is 0. The standard InChI is InChI=1S/2C9H16.6C8H14.C7H12.9C4H10.4Y/c2*1-2-5-9-7-3-6-8(9)4-1;3*1-3-7-5-2-6-8(7)4-1;2*1-7-5-3-4-6-8(7)2;1-2-8-6-4-3-5-7-8;1-6-4-3-5-7(6)2;9*1-4(2)3;;;;/h2*8-9H,1-7H2;5*7-8H,1-6H2;6,8H,1-5,7H2;6-7H,1-5H2;9*4H,1-3H3;;;;/q;;;;;4*-2;;;;;;;;;;;;;. The van der Waals surface area contributed by atoms with Gasteiger partial charge in [-0.3, -0.25) is 0 Å². The quantitative estimate of drug-likeness (QED) is 0.230. The van der Waals surface area contributed by atoms with Gasteiger partial charge in [-0.05, 0) is 112 Å². The summed E-state index contributed by atoms with van der Waals surface area (Å²) in [5, 5.41) is 0. The summed E-state index contributed by atoms with van der Waals surface area (Å²) < 4.78 is 0. The zero-order chi connectivity index (χ0) is 83.7. The first-order valence-electron chi connectivity index (χ1n) is 49.9. The monoisotopic (exact) mass is 1880 g/mol. The molecule has 113 heavy (non-hydrogen) atoms. The Balaban J connectivity index is -0.000000174. The van der Waals surface area contributed by atoms with E-state index >= 15 is 0 Å². The summed E-state index contributed by atoms with van der Waals surface area (Å²) in [6.07, 6.45) is 73.4. The van der Waals surface area contributed by atoms with Crippen molar-refractivity contribution in [3.05, 3.63) is 54.9 Å². The third kappa shape index (κ3) is 92.4. The zero-order valence-electron chi connectivity index (χ0n) is 83.8. The molecule has 0 bridgehead atoms. The number of fused-ring (bicyclic) bond motifs is 5. The second-order valence-electron chi connectivity index (χ2n) is 43.8. The molecule has 0 aromatic heterocycles. The van der Waals surface area contributed by atoms with Crippen LogP contribution in [0, 0.1) is 209 Å². The minimum absolute atomic E-state index is 0. The minimum Gasteiger partial charge on any atom is -0.345 e. The van der Waals surface area contributed by atoms with E-state index < -0.39 is 0 Å². The Morgan fingerprint density at radius 1 is 0.177 bits per heavy atom. The van der Waals surface area contributed by atoms with Crippen molar-refractivity contribution in [2.45, 2.75) is 495 Å². The van der Waals surface area contributed by atoms with E-state index in [4.69, 9.17) is 0 Å². The summed E-state index contributed by atoms with van der Waals surface area (Å²) in [7, 11) is 0. The molecule has 14 saturated carbocycles. The van der Waals surface area contributed by atoms with E-state index in [2.05, 4.69) is 242 Å². The van der Waals surface area contributed by atoms with E-state index in [1.807, 2.05) is 0 Å². The molecule has 14 aliphatic carbocycles. The van der Waals surface area contributed by atoms with E-state index in [-0.39, 0.29) is 131 Å². The molecule has 0 aliphatic heterocycles. The topological polar surface area (TPSA) is 0 Å². The largest absolute Gasteiger partial charge is 0.345 e. The molecule has 0 aromatic rings. The predicted molar refractivity (Wildman–Crippen MR) is 507 cm³/mol. The van der Waals surface area contributed by atoms with Crippen molar-refractivity contribution in [3.8, 4) is 0 Å². The van der Waals surface area contributed by atoms with Gasteiger partial charge in [0.05, 0.1) is 0 Å². The molecule has 14 rings (SSSR count). The van der Waals surface area contributed by atoms with Crippen molar-refractivity contribution in [1.82, 2.24) is 0 Å². The summed E-state index contributed by atoms with van der Waals surface area (Å²) in [5.74, 6) is 23.9. The van der Waals surface area contributed by atoms with Crippen LogP contribution in [0.5, 0.6) is 0 Å². The minimum atomic E-state index is 0. The second-order valence-corrected chi connectivity index (χ2v) is 43.8. The van der Waals surface area contributed by atoms with E-state index in [1.54, 1.807) is 128 Å². The van der Waals surface area contributed by atoms with E-state index in [9.17, 15) is 0 Å². The van der Waals surface area contributed by atoms with Crippen LogP contribution in [-0.4, -0.2) is 0 Å². The van der Waals surface area contributed by atoms with Crippen molar-refractivity contribution in [3.63, 3.8) is 0 Å². The van der Waals surface area contributed by atoms with Gasteiger partial charge in [-0.1, -0.05) is 482 Å². The summed E-state index contributed by atoms with van der Waals surface area (Å²) in [6, 6.07) is 0. The third-order valence-electron chi connectivity index (χ3n) is 23.2. The van der Waals surface area contributed by atoms with E-state index in [0.717, 1.165) is 65.6 Å². The molecule has 4 radical (unpaired) electrons. The Labute approximate surface area is 825 Å². The summed E-state index contributed by atoms with van der Waals surface area (Å²) in [6.45, 7) is 86.4. The molecule has 0 saturated heterocycles. The van der Waals surface area contributed by atoms with Gasteiger partial charge in [0, 0.05) is 131 Å². The van der Waals surface area contributed by atoms with Crippen molar-refractivity contribution in [2.24, 2.45) is 154 Å². The Morgan fingerprint density at radius 3 is 0.381 bits per heavy atom. The predicted octanol–water partition coefficient (Wildman–Crippen LogP) is 38.3. The van der Waals surface area contributed by atoms with Crippen LogP contribution < -0.4 is 0 Å². The summed E-state index contributed by atoms with van der Waals surface area (Å²) in [4.78, 5) is 0. The third-order valence-corrected chi connectivity index (χ3v) is 23.2. The van der Waals surface area contributed by atoms with Crippen LogP contribution in [-0.2, 0) is 131 Å². The SMILES string of the molecule is C1CC2CCCC2C1.C1CC2CCCC2C1.C1CC2CCCC2C1.C1CCC2CCCC2C1.C1CCC2CCCC2C1.CC(C)C.CC(C)C.CC(C)C.CC(C)C.CC(C)C.CC(C)C.CC(C)C.CC(C)C.CC(C)C.[CH2-]C1CCCC1[CH2-].[CH2-]C1CCCCC1[CH2-].[CH2-]C1CCCCC1[CH2-].[CH2-]CC1[CH-]CCCC1.[Y].[Y].[Y].[Y]. The normalized spacial score (nSPS) is 29.6. The van der Waals surface area contributed by atoms with Crippen molar-refractivity contribution in [1.29, 1.82) is 0 Å². The van der Waals surface area contributed by atoms with Crippen molar-refractivity contribution >= 4 is 0 Å². The van der Waals surface area contributed by atoms with Gasteiger partial charge in [-0.2, -0.15) is 47.8 Å². The van der Waals surface area contributed by atoms with Crippen LogP contribution in [0.4, 0.5) is 0 Å². The molecular weight excluding hydrogens is 1660 g/mol. The Morgan fingerprint density at radius 2 is 0.283 bits per heavy atom. The fraction of sp³-hybridized carbons (Fsp3) is 0.927. The van der Waals surface area contributed by atoms with Crippen molar-refractivity contribution < 1.29 is 131 Å². The number of hydrogen-bond acceptors (Lipinski definition) is 0. The smallest absolute Gasteiger partial charge is 0 e. The molecule has 0 heterocycles.